The molecule has 0 radical (unpaired) electrons. The maximum absolute atomic E-state index is 11.7. The molecule has 0 unspecified atom stereocenters. The number of aryl methyl sites for hydroxylation is 1. The number of hydrogen-bond acceptors (Lipinski definition) is 4. The zero-order chi connectivity index (χ0) is 16.5. The van der Waals surface area contributed by atoms with Crippen molar-refractivity contribution >= 4 is 23.6 Å². The number of nitrogens with one attached hydrogen (secondary N) is 2. The summed E-state index contributed by atoms with van der Waals surface area (Å²) in [4.78, 5) is 23.3. The van der Waals surface area contributed by atoms with Gasteiger partial charge in [-0.2, -0.15) is 0 Å². The summed E-state index contributed by atoms with van der Waals surface area (Å²) in [6.07, 6.45) is 1.45. The van der Waals surface area contributed by atoms with Crippen LogP contribution in [0.5, 0.6) is 0 Å². The molecule has 1 aromatic carbocycles. The standard InChI is InChI=1S/C17H20N2O3S/c1-13-4-2-5-14(10-13)11-23-12-16(20)18-7-8-19-17(21)15-6-3-9-22-15/h2-6,9-10H,7-8,11-12H2,1H3,(H,18,20)(H,19,21). The van der Waals surface area contributed by atoms with Gasteiger partial charge in [-0.25, -0.2) is 0 Å². The van der Waals surface area contributed by atoms with E-state index in [4.69, 9.17) is 4.42 Å². The first-order valence-electron chi connectivity index (χ1n) is 7.37. The van der Waals surface area contributed by atoms with Crippen LogP contribution in [0.4, 0.5) is 0 Å². The van der Waals surface area contributed by atoms with Crippen molar-refractivity contribution in [3.05, 3.63) is 59.5 Å². The van der Waals surface area contributed by atoms with Crippen LogP contribution in [0.3, 0.4) is 0 Å². The van der Waals surface area contributed by atoms with E-state index in [1.165, 1.54) is 17.4 Å². The summed E-state index contributed by atoms with van der Waals surface area (Å²) in [5, 5.41) is 5.45. The minimum atomic E-state index is -0.280. The van der Waals surface area contributed by atoms with E-state index in [1.54, 1.807) is 23.9 Å². The van der Waals surface area contributed by atoms with Crippen LogP contribution in [0.25, 0.3) is 0 Å². The molecule has 23 heavy (non-hydrogen) atoms. The van der Waals surface area contributed by atoms with Gasteiger partial charge in [-0.3, -0.25) is 9.59 Å². The van der Waals surface area contributed by atoms with Gasteiger partial charge in [0.1, 0.15) is 0 Å². The molecule has 0 atom stereocenters. The average Bonchev–Trinajstić information content (AvgIpc) is 3.06. The SMILES string of the molecule is Cc1cccc(CSCC(=O)NCCNC(=O)c2ccco2)c1. The molecule has 122 valence electrons. The van der Waals surface area contributed by atoms with Gasteiger partial charge < -0.3 is 15.1 Å². The van der Waals surface area contributed by atoms with Crippen LogP contribution in [-0.2, 0) is 10.5 Å². The maximum atomic E-state index is 11.7. The van der Waals surface area contributed by atoms with E-state index in [9.17, 15) is 9.59 Å². The lowest BCUT2D eigenvalue weighted by Crippen LogP contribution is -2.35. The Balaban J connectivity index is 1.56. The molecule has 0 saturated carbocycles. The van der Waals surface area contributed by atoms with Crippen LogP contribution in [0.2, 0.25) is 0 Å². The van der Waals surface area contributed by atoms with E-state index in [1.807, 2.05) is 6.07 Å². The van der Waals surface area contributed by atoms with Crippen LogP contribution < -0.4 is 10.6 Å². The molecule has 0 bridgehead atoms. The normalized spacial score (nSPS) is 10.3. The molecular formula is C17H20N2O3S. The fraction of sp³-hybridized carbons (Fsp3) is 0.294. The third kappa shape index (κ3) is 6.20. The minimum absolute atomic E-state index is 0.0325. The lowest BCUT2D eigenvalue weighted by atomic mass is 10.2. The lowest BCUT2D eigenvalue weighted by Gasteiger charge is -2.06. The predicted octanol–water partition coefficient (Wildman–Crippen LogP) is 2.37. The molecule has 0 saturated heterocycles. The van der Waals surface area contributed by atoms with Crippen LogP contribution in [0, 0.1) is 6.92 Å². The summed E-state index contributed by atoms with van der Waals surface area (Å²) in [5.41, 5.74) is 2.44. The lowest BCUT2D eigenvalue weighted by molar-refractivity contribution is -0.118. The summed E-state index contributed by atoms with van der Waals surface area (Å²) in [6, 6.07) is 11.5. The summed E-state index contributed by atoms with van der Waals surface area (Å²) in [7, 11) is 0. The van der Waals surface area contributed by atoms with Gasteiger partial charge in [0.05, 0.1) is 12.0 Å². The van der Waals surface area contributed by atoms with Crippen molar-refractivity contribution in [3.63, 3.8) is 0 Å². The number of carbonyl (C=O) groups excluding carboxylic acids is 2. The fourth-order valence-electron chi connectivity index (χ4n) is 1.99. The van der Waals surface area contributed by atoms with Gasteiger partial charge >= 0.3 is 0 Å². The molecule has 5 nitrogen and oxygen atoms in total. The molecule has 0 spiro atoms. The van der Waals surface area contributed by atoms with Crippen molar-refractivity contribution in [1.29, 1.82) is 0 Å². The molecule has 2 aromatic rings. The molecule has 2 amide bonds. The molecule has 6 heteroatoms. The largest absolute Gasteiger partial charge is 0.459 e. The van der Waals surface area contributed by atoms with Crippen molar-refractivity contribution < 1.29 is 14.0 Å². The topological polar surface area (TPSA) is 71.3 Å². The van der Waals surface area contributed by atoms with Gasteiger partial charge in [0.2, 0.25) is 5.91 Å². The van der Waals surface area contributed by atoms with Gasteiger partial charge in [0.15, 0.2) is 5.76 Å². The van der Waals surface area contributed by atoms with Gasteiger partial charge in [-0.1, -0.05) is 29.8 Å². The van der Waals surface area contributed by atoms with Crippen molar-refractivity contribution in [3.8, 4) is 0 Å². The second kappa shape index (κ2) is 9.05. The second-order valence-electron chi connectivity index (χ2n) is 5.07. The van der Waals surface area contributed by atoms with Crippen molar-refractivity contribution in [2.24, 2.45) is 0 Å². The Morgan fingerprint density at radius 2 is 1.96 bits per heavy atom. The van der Waals surface area contributed by atoms with E-state index < -0.39 is 0 Å². The fourth-order valence-corrected chi connectivity index (χ4v) is 2.79. The van der Waals surface area contributed by atoms with Crippen LogP contribution in [0.1, 0.15) is 21.7 Å². The molecule has 0 aliphatic rings. The maximum Gasteiger partial charge on any atom is 0.287 e. The quantitative estimate of drug-likeness (QED) is 0.728. The molecule has 1 aromatic heterocycles. The van der Waals surface area contributed by atoms with Crippen molar-refractivity contribution in [2.45, 2.75) is 12.7 Å². The predicted molar refractivity (Wildman–Crippen MR) is 91.4 cm³/mol. The molecule has 0 aliphatic heterocycles. The van der Waals surface area contributed by atoms with E-state index in [2.05, 4.69) is 35.8 Å². The average molecular weight is 332 g/mol. The second-order valence-corrected chi connectivity index (χ2v) is 6.05. The molecule has 1 heterocycles. The first kappa shape index (κ1) is 17.1. The van der Waals surface area contributed by atoms with Gasteiger partial charge in [-0.15, -0.1) is 11.8 Å². The Morgan fingerprint density at radius 1 is 1.13 bits per heavy atom. The summed E-state index contributed by atoms with van der Waals surface area (Å²) in [6.45, 7) is 2.82. The molecule has 0 fully saturated rings. The highest BCUT2D eigenvalue weighted by Gasteiger charge is 2.07. The number of benzene rings is 1. The van der Waals surface area contributed by atoms with Gasteiger partial charge in [0.25, 0.3) is 5.91 Å². The van der Waals surface area contributed by atoms with Crippen LogP contribution in [-0.4, -0.2) is 30.7 Å². The van der Waals surface area contributed by atoms with Crippen LogP contribution in [0.15, 0.2) is 47.1 Å². The zero-order valence-electron chi connectivity index (χ0n) is 13.0. The number of thioether (sulfide) groups is 1. The third-order valence-electron chi connectivity index (χ3n) is 3.06. The Morgan fingerprint density at radius 3 is 2.70 bits per heavy atom. The number of furan rings is 1. The first-order chi connectivity index (χ1) is 11.1. The Kier molecular flexibility index (Phi) is 6.75. The van der Waals surface area contributed by atoms with E-state index in [-0.39, 0.29) is 17.6 Å². The number of rotatable bonds is 8. The monoisotopic (exact) mass is 332 g/mol. The van der Waals surface area contributed by atoms with E-state index >= 15 is 0 Å². The Hall–Kier alpha value is -2.21. The van der Waals surface area contributed by atoms with E-state index in [0.29, 0.717) is 18.8 Å². The van der Waals surface area contributed by atoms with Crippen molar-refractivity contribution in [1.82, 2.24) is 10.6 Å². The molecule has 2 rings (SSSR count). The first-order valence-corrected chi connectivity index (χ1v) is 8.52. The Bertz CT molecular complexity index is 641. The van der Waals surface area contributed by atoms with Gasteiger partial charge in [-0.05, 0) is 24.6 Å². The third-order valence-corrected chi connectivity index (χ3v) is 4.07. The molecular weight excluding hydrogens is 312 g/mol. The van der Waals surface area contributed by atoms with E-state index in [0.717, 1.165) is 5.75 Å². The Labute approximate surface area is 139 Å². The number of amides is 2. The molecule has 0 aliphatic carbocycles. The van der Waals surface area contributed by atoms with Gasteiger partial charge in [0, 0.05) is 18.8 Å². The van der Waals surface area contributed by atoms with Crippen LogP contribution >= 0.6 is 11.8 Å². The number of carbonyl (C=O) groups is 2. The highest BCUT2D eigenvalue weighted by atomic mass is 32.2. The highest BCUT2D eigenvalue weighted by molar-refractivity contribution is 7.99. The zero-order valence-corrected chi connectivity index (χ0v) is 13.8. The smallest absolute Gasteiger partial charge is 0.287 e. The minimum Gasteiger partial charge on any atom is -0.459 e. The highest BCUT2D eigenvalue weighted by Crippen LogP contribution is 2.13. The summed E-state index contributed by atoms with van der Waals surface area (Å²) in [5.74, 6) is 1.17. The van der Waals surface area contributed by atoms with Crippen molar-refractivity contribution in [2.75, 3.05) is 18.8 Å². The summed E-state index contributed by atoms with van der Waals surface area (Å²) >= 11 is 1.57. The molecule has 2 N–H and O–H groups in total. The number of hydrogen-bond donors (Lipinski definition) is 2. The summed E-state index contributed by atoms with van der Waals surface area (Å²) < 4.78 is 4.97.